The van der Waals surface area contributed by atoms with Crippen LogP contribution in [0.15, 0.2) is 47.7 Å². The molecule has 0 amide bonds. The van der Waals surface area contributed by atoms with Crippen molar-refractivity contribution in [3.8, 4) is 0 Å². The van der Waals surface area contributed by atoms with E-state index in [0.29, 0.717) is 0 Å². The third-order valence-corrected chi connectivity index (χ3v) is 6.52. The van der Waals surface area contributed by atoms with Gasteiger partial charge in [-0.25, -0.2) is 0 Å². The number of nitrogens with zero attached hydrogens (tertiary/aromatic N) is 3. The average molecular weight is 472 g/mol. The Balaban J connectivity index is 0.000000196. The minimum absolute atomic E-state index is 0.0236. The average Bonchev–Trinajstić information content (AvgIpc) is 3.15. The van der Waals surface area contributed by atoms with Crippen molar-refractivity contribution in [2.75, 3.05) is 0 Å². The molecule has 0 unspecified atom stereocenters. The van der Waals surface area contributed by atoms with E-state index < -0.39 is 0 Å². The van der Waals surface area contributed by atoms with Gasteiger partial charge in [0.05, 0.1) is 17.8 Å². The van der Waals surface area contributed by atoms with E-state index in [4.69, 9.17) is 4.99 Å². The molecule has 3 heteroatoms. The highest BCUT2D eigenvalue weighted by molar-refractivity contribution is 6.07. The minimum Gasteiger partial charge on any atom is -0.284 e. The summed E-state index contributed by atoms with van der Waals surface area (Å²) < 4.78 is 0. The summed E-state index contributed by atoms with van der Waals surface area (Å²) in [5, 5.41) is 1.18. The first kappa shape index (κ1) is 27.0. The monoisotopic (exact) mass is 471 g/mol. The van der Waals surface area contributed by atoms with E-state index in [-0.39, 0.29) is 21.7 Å². The van der Waals surface area contributed by atoms with Crippen molar-refractivity contribution in [2.45, 2.75) is 106 Å². The number of hydrogen-bond donors (Lipinski definition) is 0. The summed E-state index contributed by atoms with van der Waals surface area (Å²) in [5.74, 6) is 0. The number of rotatable bonds is 0. The molecule has 3 nitrogen and oxygen atoms in total. The second-order valence-corrected chi connectivity index (χ2v) is 14.0. The van der Waals surface area contributed by atoms with Crippen LogP contribution in [0.5, 0.6) is 0 Å². The number of benzene rings is 1. The van der Waals surface area contributed by atoms with E-state index in [1.54, 1.807) is 0 Å². The lowest BCUT2D eigenvalue weighted by atomic mass is 9.81. The molecule has 0 spiro atoms. The lowest BCUT2D eigenvalue weighted by Crippen LogP contribution is -2.21. The van der Waals surface area contributed by atoms with E-state index in [2.05, 4.69) is 117 Å². The van der Waals surface area contributed by atoms with Crippen molar-refractivity contribution in [1.29, 1.82) is 0 Å². The maximum atomic E-state index is 4.71. The molecule has 0 saturated carbocycles. The van der Waals surface area contributed by atoms with Crippen molar-refractivity contribution in [3.05, 3.63) is 70.7 Å². The molecule has 0 radical (unpaired) electrons. The summed E-state index contributed by atoms with van der Waals surface area (Å²) >= 11 is 0. The van der Waals surface area contributed by atoms with Gasteiger partial charge >= 0.3 is 0 Å². The molecule has 1 aliphatic heterocycles. The molecule has 1 aromatic carbocycles. The number of pyridine rings is 2. The van der Waals surface area contributed by atoms with E-state index in [9.17, 15) is 0 Å². The lowest BCUT2D eigenvalue weighted by Gasteiger charge is -2.23. The van der Waals surface area contributed by atoms with E-state index >= 15 is 0 Å². The Morgan fingerprint density at radius 1 is 0.629 bits per heavy atom. The normalized spacial score (nSPS) is 14.3. The van der Waals surface area contributed by atoms with Crippen LogP contribution in [0.4, 0.5) is 0 Å². The van der Waals surface area contributed by atoms with Gasteiger partial charge in [-0.1, -0.05) is 95.2 Å². The van der Waals surface area contributed by atoms with E-state index in [1.807, 2.05) is 18.5 Å². The van der Waals surface area contributed by atoms with Gasteiger partial charge in [0.25, 0.3) is 0 Å². The summed E-state index contributed by atoms with van der Waals surface area (Å²) in [6.07, 6.45) is 3.87. The van der Waals surface area contributed by atoms with Gasteiger partial charge in [-0.15, -0.1) is 0 Å². The zero-order valence-corrected chi connectivity index (χ0v) is 24.1. The van der Waals surface area contributed by atoms with Crippen LogP contribution in [-0.2, 0) is 22.8 Å². The molecule has 0 saturated heterocycles. The maximum absolute atomic E-state index is 4.71. The predicted octanol–water partition coefficient (Wildman–Crippen LogP) is 8.56. The van der Waals surface area contributed by atoms with Crippen LogP contribution in [0.25, 0.3) is 10.9 Å². The van der Waals surface area contributed by atoms with Crippen LogP contribution in [0.2, 0.25) is 0 Å². The third-order valence-electron chi connectivity index (χ3n) is 6.52. The quantitative estimate of drug-likeness (QED) is 0.329. The SMILES string of the molecule is CC(C)(C)C1=NCc2ccc(C(C)(C)C)cc21.CC(C)(C)c1cnc2c(C(C)(C)C)nccc2c1. The molecule has 3 heterocycles. The molecule has 0 aliphatic carbocycles. The fourth-order valence-electron chi connectivity index (χ4n) is 4.31. The van der Waals surface area contributed by atoms with Crippen molar-refractivity contribution in [3.63, 3.8) is 0 Å². The number of fused-ring (bicyclic) bond motifs is 2. The van der Waals surface area contributed by atoms with Crippen molar-refractivity contribution in [2.24, 2.45) is 10.4 Å². The molecule has 0 N–H and O–H groups in total. The van der Waals surface area contributed by atoms with Gasteiger partial charge in [0.1, 0.15) is 0 Å². The highest BCUT2D eigenvalue weighted by Crippen LogP contribution is 2.33. The van der Waals surface area contributed by atoms with Crippen LogP contribution in [0, 0.1) is 5.41 Å². The van der Waals surface area contributed by atoms with Crippen molar-refractivity contribution in [1.82, 2.24) is 9.97 Å². The Hall–Kier alpha value is -2.55. The molecule has 0 bridgehead atoms. The van der Waals surface area contributed by atoms with Gasteiger partial charge in [0.2, 0.25) is 0 Å². The van der Waals surface area contributed by atoms with E-state index in [0.717, 1.165) is 17.8 Å². The summed E-state index contributed by atoms with van der Waals surface area (Å²) in [6, 6.07) is 11.1. The van der Waals surface area contributed by atoms with Crippen LogP contribution in [0.3, 0.4) is 0 Å². The standard InChI is InChI=1S/C16H22N2.C16H23N/c1-15(2,3)12-9-11-7-8-17-14(16(4,5)6)13(11)18-10-12;1-15(2,3)12-8-7-11-10-17-14(13(11)9-12)16(4,5)6/h7-10H,1-6H3;7-9H,10H2,1-6H3. The second-order valence-electron chi connectivity index (χ2n) is 14.0. The molecule has 1 aliphatic rings. The highest BCUT2D eigenvalue weighted by atomic mass is 14.8. The Labute approximate surface area is 213 Å². The molecule has 35 heavy (non-hydrogen) atoms. The van der Waals surface area contributed by atoms with Crippen LogP contribution in [-0.4, -0.2) is 15.7 Å². The number of aromatic nitrogens is 2. The molecular formula is C32H45N3. The summed E-state index contributed by atoms with van der Waals surface area (Å²) in [5.41, 5.74) is 9.27. The zero-order chi connectivity index (χ0) is 26.4. The van der Waals surface area contributed by atoms with Gasteiger partial charge in [0, 0.05) is 39.9 Å². The largest absolute Gasteiger partial charge is 0.284 e. The van der Waals surface area contributed by atoms with Crippen LogP contribution >= 0.6 is 0 Å². The van der Waals surface area contributed by atoms with Crippen molar-refractivity contribution < 1.29 is 0 Å². The lowest BCUT2D eigenvalue weighted by molar-refractivity contribution is 0.572. The molecular weight excluding hydrogens is 426 g/mol. The summed E-state index contributed by atoms with van der Waals surface area (Å²) in [7, 11) is 0. The fourth-order valence-corrected chi connectivity index (χ4v) is 4.31. The molecule has 0 fully saturated rings. The Morgan fingerprint density at radius 2 is 1.26 bits per heavy atom. The number of aliphatic imine (C=N–C) groups is 1. The van der Waals surface area contributed by atoms with E-state index in [1.165, 1.54) is 33.4 Å². The van der Waals surface area contributed by atoms with Crippen LogP contribution in [0.1, 0.15) is 111 Å². The van der Waals surface area contributed by atoms with Crippen molar-refractivity contribution >= 4 is 16.6 Å². The summed E-state index contributed by atoms with van der Waals surface area (Å²) in [6.45, 7) is 27.5. The smallest absolute Gasteiger partial charge is 0.0922 e. The van der Waals surface area contributed by atoms with Gasteiger partial charge in [-0.05, 0) is 45.7 Å². The Kier molecular flexibility index (Phi) is 7.07. The molecule has 4 rings (SSSR count). The Morgan fingerprint density at radius 3 is 1.80 bits per heavy atom. The predicted molar refractivity (Wildman–Crippen MR) is 152 cm³/mol. The first-order valence-electron chi connectivity index (χ1n) is 12.8. The van der Waals surface area contributed by atoms with Gasteiger partial charge in [-0.2, -0.15) is 0 Å². The number of hydrogen-bond acceptors (Lipinski definition) is 3. The first-order chi connectivity index (χ1) is 15.9. The highest BCUT2D eigenvalue weighted by Gasteiger charge is 2.28. The maximum Gasteiger partial charge on any atom is 0.0922 e. The zero-order valence-electron chi connectivity index (χ0n) is 24.1. The molecule has 0 atom stereocenters. The third kappa shape index (κ3) is 6.18. The fraction of sp³-hybridized carbons (Fsp3) is 0.531. The van der Waals surface area contributed by atoms with Gasteiger partial charge < -0.3 is 0 Å². The minimum atomic E-state index is 0.0236. The van der Waals surface area contributed by atoms with Gasteiger partial charge in [0.15, 0.2) is 0 Å². The first-order valence-corrected chi connectivity index (χ1v) is 12.8. The molecule has 3 aromatic rings. The van der Waals surface area contributed by atoms with Gasteiger partial charge in [-0.3, -0.25) is 15.0 Å². The summed E-state index contributed by atoms with van der Waals surface area (Å²) in [4.78, 5) is 13.9. The second kappa shape index (κ2) is 9.15. The van der Waals surface area contributed by atoms with Crippen LogP contribution < -0.4 is 0 Å². The molecule has 2 aromatic heterocycles. The molecule has 188 valence electrons. The Bertz CT molecular complexity index is 1240. The topological polar surface area (TPSA) is 38.1 Å².